The summed E-state index contributed by atoms with van der Waals surface area (Å²) in [7, 11) is 0. The second kappa shape index (κ2) is 4.77. The van der Waals surface area contributed by atoms with Crippen LogP contribution >= 0.6 is 0 Å². The van der Waals surface area contributed by atoms with Crippen LogP contribution in [0.3, 0.4) is 0 Å². The van der Waals surface area contributed by atoms with Crippen LogP contribution in [0.15, 0.2) is 6.20 Å². The molecule has 4 nitrogen and oxygen atoms in total. The first-order chi connectivity index (χ1) is 6.29. The van der Waals surface area contributed by atoms with Gasteiger partial charge in [0, 0.05) is 6.61 Å². The van der Waals surface area contributed by atoms with Gasteiger partial charge in [-0.05, 0) is 18.9 Å². The predicted octanol–water partition coefficient (Wildman–Crippen LogP) is 1.39. The molecule has 0 aliphatic heterocycles. The zero-order valence-electron chi connectivity index (χ0n) is 7.99. The average Bonchev–Trinajstić information content (AvgIpc) is 2.47. The Morgan fingerprint density at radius 2 is 2.46 bits per heavy atom. The van der Waals surface area contributed by atoms with E-state index < -0.39 is 0 Å². The van der Waals surface area contributed by atoms with Gasteiger partial charge in [-0.3, -0.25) is 4.79 Å². The SMILES string of the molecule is CCCOCn1ncc(C)c1C=O. The zero-order valence-corrected chi connectivity index (χ0v) is 7.99. The van der Waals surface area contributed by atoms with E-state index in [1.807, 2.05) is 13.8 Å². The Hall–Kier alpha value is -1.16. The molecule has 0 atom stereocenters. The molecule has 1 rings (SSSR count). The third kappa shape index (κ3) is 2.39. The van der Waals surface area contributed by atoms with Crippen molar-refractivity contribution in [1.82, 2.24) is 9.78 Å². The second-order valence-corrected chi connectivity index (χ2v) is 2.87. The van der Waals surface area contributed by atoms with Gasteiger partial charge in [-0.25, -0.2) is 4.68 Å². The number of aromatic nitrogens is 2. The smallest absolute Gasteiger partial charge is 0.168 e. The van der Waals surface area contributed by atoms with E-state index in [2.05, 4.69) is 5.10 Å². The van der Waals surface area contributed by atoms with Crippen molar-refractivity contribution in [2.45, 2.75) is 27.0 Å². The Bertz CT molecular complexity index is 281. The van der Waals surface area contributed by atoms with Crippen molar-refractivity contribution in [3.63, 3.8) is 0 Å². The molecule has 13 heavy (non-hydrogen) atoms. The van der Waals surface area contributed by atoms with Gasteiger partial charge in [-0.1, -0.05) is 6.92 Å². The fourth-order valence-electron chi connectivity index (χ4n) is 1.04. The summed E-state index contributed by atoms with van der Waals surface area (Å²) < 4.78 is 6.83. The first-order valence-corrected chi connectivity index (χ1v) is 4.35. The largest absolute Gasteiger partial charge is 0.359 e. The normalized spacial score (nSPS) is 10.3. The highest BCUT2D eigenvalue weighted by molar-refractivity contribution is 5.74. The van der Waals surface area contributed by atoms with Gasteiger partial charge < -0.3 is 4.74 Å². The van der Waals surface area contributed by atoms with Crippen LogP contribution in [0.1, 0.15) is 29.4 Å². The molecule has 1 heterocycles. The number of rotatable bonds is 5. The van der Waals surface area contributed by atoms with Gasteiger partial charge in [0.2, 0.25) is 0 Å². The molecule has 0 fully saturated rings. The summed E-state index contributed by atoms with van der Waals surface area (Å²) >= 11 is 0. The van der Waals surface area contributed by atoms with Crippen molar-refractivity contribution in [2.24, 2.45) is 0 Å². The number of aryl methyl sites for hydroxylation is 1. The topological polar surface area (TPSA) is 44.1 Å². The Labute approximate surface area is 77.5 Å². The van der Waals surface area contributed by atoms with Crippen molar-refractivity contribution in [2.75, 3.05) is 6.61 Å². The third-order valence-corrected chi connectivity index (χ3v) is 1.75. The van der Waals surface area contributed by atoms with Gasteiger partial charge in [-0.2, -0.15) is 5.10 Å². The Balaban J connectivity index is 2.60. The van der Waals surface area contributed by atoms with Gasteiger partial charge in [-0.15, -0.1) is 0 Å². The van der Waals surface area contributed by atoms with Gasteiger partial charge in [0.25, 0.3) is 0 Å². The Morgan fingerprint density at radius 1 is 1.69 bits per heavy atom. The monoisotopic (exact) mass is 182 g/mol. The van der Waals surface area contributed by atoms with Crippen LogP contribution in [-0.4, -0.2) is 22.7 Å². The summed E-state index contributed by atoms with van der Waals surface area (Å²) in [6.07, 6.45) is 3.44. The first kappa shape index (κ1) is 9.92. The van der Waals surface area contributed by atoms with Crippen LogP contribution in [-0.2, 0) is 11.5 Å². The number of nitrogens with zero attached hydrogens (tertiary/aromatic N) is 2. The van der Waals surface area contributed by atoms with E-state index in [1.165, 1.54) is 0 Å². The van der Waals surface area contributed by atoms with Gasteiger partial charge in [0.15, 0.2) is 6.29 Å². The van der Waals surface area contributed by atoms with E-state index in [1.54, 1.807) is 10.9 Å². The van der Waals surface area contributed by atoms with Crippen LogP contribution in [0.25, 0.3) is 0 Å². The standard InChI is InChI=1S/C9H14N2O2/c1-3-4-13-7-11-9(6-12)8(2)5-10-11/h5-6H,3-4,7H2,1-2H3. The van der Waals surface area contributed by atoms with E-state index >= 15 is 0 Å². The summed E-state index contributed by atoms with van der Waals surface area (Å²) in [5, 5.41) is 4.02. The van der Waals surface area contributed by atoms with Crippen molar-refractivity contribution in [3.8, 4) is 0 Å². The Morgan fingerprint density at radius 3 is 3.08 bits per heavy atom. The van der Waals surface area contributed by atoms with Crippen LogP contribution in [0.5, 0.6) is 0 Å². The number of hydrogen-bond donors (Lipinski definition) is 0. The quantitative estimate of drug-likeness (QED) is 0.510. The maximum absolute atomic E-state index is 10.6. The van der Waals surface area contributed by atoms with Gasteiger partial charge in [0.1, 0.15) is 12.4 Å². The van der Waals surface area contributed by atoms with Crippen molar-refractivity contribution in [3.05, 3.63) is 17.5 Å². The minimum Gasteiger partial charge on any atom is -0.359 e. The van der Waals surface area contributed by atoms with Crippen LogP contribution < -0.4 is 0 Å². The highest BCUT2D eigenvalue weighted by Crippen LogP contribution is 2.03. The zero-order chi connectivity index (χ0) is 9.68. The maximum Gasteiger partial charge on any atom is 0.168 e. The summed E-state index contributed by atoms with van der Waals surface area (Å²) in [6.45, 7) is 4.94. The minimum atomic E-state index is 0.357. The molecule has 1 aromatic rings. The van der Waals surface area contributed by atoms with Crippen LogP contribution in [0.2, 0.25) is 0 Å². The molecule has 1 aromatic heterocycles. The van der Waals surface area contributed by atoms with E-state index in [0.29, 0.717) is 19.0 Å². The molecule has 0 saturated carbocycles. The molecule has 0 spiro atoms. The summed E-state index contributed by atoms with van der Waals surface area (Å²) in [5.74, 6) is 0. The molecule has 0 aromatic carbocycles. The molecular formula is C9H14N2O2. The molecule has 72 valence electrons. The van der Waals surface area contributed by atoms with E-state index in [0.717, 1.165) is 18.3 Å². The molecule has 0 unspecified atom stereocenters. The lowest BCUT2D eigenvalue weighted by atomic mass is 10.3. The molecule has 0 aliphatic rings. The molecule has 0 amide bonds. The van der Waals surface area contributed by atoms with Crippen molar-refractivity contribution >= 4 is 6.29 Å². The van der Waals surface area contributed by atoms with Crippen LogP contribution in [0.4, 0.5) is 0 Å². The minimum absolute atomic E-state index is 0.357. The van der Waals surface area contributed by atoms with Crippen molar-refractivity contribution in [1.29, 1.82) is 0 Å². The highest BCUT2D eigenvalue weighted by Gasteiger charge is 2.04. The summed E-state index contributed by atoms with van der Waals surface area (Å²) in [4.78, 5) is 10.6. The number of aldehydes is 1. The number of ether oxygens (including phenoxy) is 1. The van der Waals surface area contributed by atoms with E-state index in [4.69, 9.17) is 4.74 Å². The molecule has 4 heteroatoms. The summed E-state index contributed by atoms with van der Waals surface area (Å²) in [6, 6.07) is 0. The second-order valence-electron chi connectivity index (χ2n) is 2.87. The molecular weight excluding hydrogens is 168 g/mol. The lowest BCUT2D eigenvalue weighted by Gasteiger charge is -2.03. The van der Waals surface area contributed by atoms with Crippen molar-refractivity contribution < 1.29 is 9.53 Å². The van der Waals surface area contributed by atoms with Gasteiger partial charge >= 0.3 is 0 Å². The predicted molar refractivity (Wildman–Crippen MR) is 48.6 cm³/mol. The molecule has 0 aliphatic carbocycles. The van der Waals surface area contributed by atoms with E-state index in [-0.39, 0.29) is 0 Å². The van der Waals surface area contributed by atoms with E-state index in [9.17, 15) is 4.79 Å². The van der Waals surface area contributed by atoms with Gasteiger partial charge in [0.05, 0.1) is 6.20 Å². The average molecular weight is 182 g/mol. The molecule has 0 radical (unpaired) electrons. The Kier molecular flexibility index (Phi) is 3.64. The fraction of sp³-hybridized carbons (Fsp3) is 0.556. The molecule has 0 N–H and O–H groups in total. The lowest BCUT2D eigenvalue weighted by Crippen LogP contribution is -2.08. The molecule has 0 bridgehead atoms. The van der Waals surface area contributed by atoms with Crippen LogP contribution in [0, 0.1) is 6.92 Å². The first-order valence-electron chi connectivity index (χ1n) is 4.35. The third-order valence-electron chi connectivity index (χ3n) is 1.75. The number of carbonyl (C=O) groups is 1. The maximum atomic E-state index is 10.6. The fourth-order valence-corrected chi connectivity index (χ4v) is 1.04. The number of hydrogen-bond acceptors (Lipinski definition) is 3. The highest BCUT2D eigenvalue weighted by atomic mass is 16.5. The summed E-state index contributed by atoms with van der Waals surface area (Å²) in [5.41, 5.74) is 1.48. The number of carbonyl (C=O) groups excluding carboxylic acids is 1. The molecule has 0 saturated heterocycles. The lowest BCUT2D eigenvalue weighted by molar-refractivity contribution is 0.0668.